The van der Waals surface area contributed by atoms with E-state index in [9.17, 15) is 9.90 Å². The highest BCUT2D eigenvalue weighted by molar-refractivity contribution is 5.85. The largest absolute Gasteiger partial charge is 0.508 e. The van der Waals surface area contributed by atoms with Gasteiger partial charge in [0.05, 0.1) is 17.6 Å². The number of anilines is 1. The Bertz CT molecular complexity index is 1370. The van der Waals surface area contributed by atoms with Gasteiger partial charge < -0.3 is 19.9 Å². The lowest BCUT2D eigenvalue weighted by Crippen LogP contribution is -2.28. The number of amides is 1. The van der Waals surface area contributed by atoms with Crippen LogP contribution in [0, 0.1) is 13.8 Å². The Morgan fingerprint density at radius 3 is 2.60 bits per heavy atom. The fraction of sp³-hybridized carbons (Fsp3) is 0.400. The summed E-state index contributed by atoms with van der Waals surface area (Å²) in [6, 6.07) is 7.21. The summed E-state index contributed by atoms with van der Waals surface area (Å²) < 4.78 is 3.84. The number of aromatic hydroxyl groups is 1. The minimum Gasteiger partial charge on any atom is -0.508 e. The number of phenols is 1. The molecule has 0 atom stereocenters. The Morgan fingerprint density at radius 1 is 1.11 bits per heavy atom. The molecule has 1 aliphatic heterocycles. The number of fused-ring (bicyclic) bond motifs is 1. The lowest BCUT2D eigenvalue weighted by atomic mass is 10.1. The maximum atomic E-state index is 12.1. The topological polar surface area (TPSA) is 114 Å². The fourth-order valence-electron chi connectivity index (χ4n) is 4.60. The summed E-state index contributed by atoms with van der Waals surface area (Å²) in [5, 5.41) is 17.5. The third-order valence-corrected chi connectivity index (χ3v) is 6.62. The number of aromatic nitrogens is 6. The van der Waals surface area contributed by atoms with E-state index in [4.69, 9.17) is 9.97 Å². The number of imidazole rings is 1. The normalized spacial score (nSPS) is 13.8. The van der Waals surface area contributed by atoms with Crippen LogP contribution in [-0.2, 0) is 24.8 Å². The smallest absolute Gasteiger partial charge is 0.222 e. The first-order valence-electron chi connectivity index (χ1n) is 11.9. The van der Waals surface area contributed by atoms with E-state index in [1.165, 1.54) is 0 Å². The molecule has 0 radical (unpaired) electrons. The SMILES string of the molecule is Cc1nn(C)c(C)c1-c1nc(NCCc2ccc(O)cc2)c2ncn(CCN3CCCC3=O)c2n1. The number of benzene rings is 1. The molecular formula is C25H30N8O2. The number of phenolic OH excluding ortho intramolecular Hbond substituents is 1. The Labute approximate surface area is 203 Å². The van der Waals surface area contributed by atoms with Gasteiger partial charge in [0.2, 0.25) is 5.91 Å². The molecular weight excluding hydrogens is 444 g/mol. The van der Waals surface area contributed by atoms with Crippen LogP contribution < -0.4 is 5.32 Å². The molecule has 5 rings (SSSR count). The average molecular weight is 475 g/mol. The lowest BCUT2D eigenvalue weighted by Gasteiger charge is -2.16. The Balaban J connectivity index is 1.47. The van der Waals surface area contributed by atoms with Crippen LogP contribution in [0.4, 0.5) is 5.82 Å². The highest BCUT2D eigenvalue weighted by Gasteiger charge is 2.22. The third-order valence-electron chi connectivity index (χ3n) is 6.62. The molecule has 1 aromatic carbocycles. The number of nitrogens with one attached hydrogen (secondary N) is 1. The van der Waals surface area contributed by atoms with Crippen molar-refractivity contribution >= 4 is 22.9 Å². The maximum Gasteiger partial charge on any atom is 0.222 e. The summed E-state index contributed by atoms with van der Waals surface area (Å²) in [4.78, 5) is 28.4. The van der Waals surface area contributed by atoms with Gasteiger partial charge in [-0.15, -0.1) is 0 Å². The standard InChI is InChI=1S/C25H30N8O2/c1-16-21(17(2)31(3)30-16)23-28-24(26-11-10-18-6-8-19(34)9-7-18)22-25(29-23)33(15-27-22)14-13-32-12-4-5-20(32)35/h6-9,15,34H,4-5,10-14H2,1-3H3,(H,26,28,29). The summed E-state index contributed by atoms with van der Waals surface area (Å²) in [5.41, 5.74) is 5.32. The zero-order valence-corrected chi connectivity index (χ0v) is 20.3. The second-order valence-corrected chi connectivity index (χ2v) is 9.00. The van der Waals surface area contributed by atoms with E-state index in [-0.39, 0.29) is 11.7 Å². The number of carbonyl (C=O) groups is 1. The van der Waals surface area contributed by atoms with Gasteiger partial charge in [-0.2, -0.15) is 5.10 Å². The third kappa shape index (κ3) is 4.55. The van der Waals surface area contributed by atoms with Gasteiger partial charge in [0, 0.05) is 45.3 Å². The summed E-state index contributed by atoms with van der Waals surface area (Å²) in [6.45, 7) is 6.69. The van der Waals surface area contributed by atoms with Crippen LogP contribution in [0.3, 0.4) is 0 Å². The molecule has 4 heterocycles. The molecule has 0 unspecified atom stereocenters. The number of likely N-dealkylation sites (tertiary alicyclic amines) is 1. The lowest BCUT2D eigenvalue weighted by molar-refractivity contribution is -0.127. The molecule has 0 saturated carbocycles. The van der Waals surface area contributed by atoms with Gasteiger partial charge in [-0.3, -0.25) is 9.48 Å². The van der Waals surface area contributed by atoms with Gasteiger partial charge in [0.15, 0.2) is 17.3 Å². The predicted octanol–water partition coefficient (Wildman–Crippen LogP) is 2.83. The number of hydrogen-bond acceptors (Lipinski definition) is 7. The second kappa shape index (κ2) is 9.36. The van der Waals surface area contributed by atoms with E-state index >= 15 is 0 Å². The minimum atomic E-state index is 0.211. The van der Waals surface area contributed by atoms with Gasteiger partial charge >= 0.3 is 0 Å². The number of hydrogen-bond donors (Lipinski definition) is 2. The van der Waals surface area contributed by atoms with E-state index in [0.29, 0.717) is 43.2 Å². The van der Waals surface area contributed by atoms with Crippen molar-refractivity contribution < 1.29 is 9.90 Å². The summed E-state index contributed by atoms with van der Waals surface area (Å²) >= 11 is 0. The maximum absolute atomic E-state index is 12.1. The fourth-order valence-corrected chi connectivity index (χ4v) is 4.60. The molecule has 0 spiro atoms. The zero-order valence-electron chi connectivity index (χ0n) is 20.3. The van der Waals surface area contributed by atoms with Gasteiger partial charge in [0.25, 0.3) is 0 Å². The molecule has 1 amide bonds. The molecule has 3 aromatic heterocycles. The molecule has 1 saturated heterocycles. The molecule has 0 bridgehead atoms. The summed E-state index contributed by atoms with van der Waals surface area (Å²) in [5.74, 6) is 1.74. The van der Waals surface area contributed by atoms with Crippen molar-refractivity contribution in [3.63, 3.8) is 0 Å². The first-order valence-corrected chi connectivity index (χ1v) is 11.9. The van der Waals surface area contributed by atoms with Crippen LogP contribution in [0.5, 0.6) is 5.75 Å². The number of nitrogens with zero attached hydrogens (tertiary/aromatic N) is 7. The first kappa shape index (κ1) is 22.8. The quantitative estimate of drug-likeness (QED) is 0.404. The van der Waals surface area contributed by atoms with E-state index in [2.05, 4.69) is 15.4 Å². The highest BCUT2D eigenvalue weighted by atomic mass is 16.3. The molecule has 10 nitrogen and oxygen atoms in total. The number of rotatable bonds is 8. The molecule has 2 N–H and O–H groups in total. The molecule has 1 fully saturated rings. The molecule has 0 aliphatic carbocycles. The minimum absolute atomic E-state index is 0.211. The molecule has 35 heavy (non-hydrogen) atoms. The van der Waals surface area contributed by atoms with Crippen molar-refractivity contribution in [2.45, 2.75) is 39.7 Å². The molecule has 182 valence electrons. The van der Waals surface area contributed by atoms with E-state index < -0.39 is 0 Å². The number of carbonyl (C=O) groups excluding carboxylic acids is 1. The van der Waals surface area contributed by atoms with Crippen molar-refractivity contribution in [2.24, 2.45) is 7.05 Å². The van der Waals surface area contributed by atoms with Crippen molar-refractivity contribution in [3.05, 3.63) is 47.5 Å². The van der Waals surface area contributed by atoms with Crippen LogP contribution in [0.1, 0.15) is 29.8 Å². The summed E-state index contributed by atoms with van der Waals surface area (Å²) in [6.07, 6.45) is 4.10. The second-order valence-electron chi connectivity index (χ2n) is 9.00. The van der Waals surface area contributed by atoms with Gasteiger partial charge in [-0.05, 0) is 44.4 Å². The van der Waals surface area contributed by atoms with Crippen molar-refractivity contribution in [2.75, 3.05) is 25.0 Å². The molecule has 10 heteroatoms. The van der Waals surface area contributed by atoms with Crippen molar-refractivity contribution in [1.82, 2.24) is 34.2 Å². The van der Waals surface area contributed by atoms with Crippen molar-refractivity contribution in [3.8, 4) is 17.1 Å². The van der Waals surface area contributed by atoms with E-state index in [1.54, 1.807) is 18.5 Å². The number of aryl methyl sites for hydroxylation is 2. The van der Waals surface area contributed by atoms with Crippen LogP contribution in [0.25, 0.3) is 22.6 Å². The Kier molecular flexibility index (Phi) is 6.10. The van der Waals surface area contributed by atoms with Gasteiger partial charge in [-0.1, -0.05) is 12.1 Å². The zero-order chi connectivity index (χ0) is 24.5. The monoisotopic (exact) mass is 474 g/mol. The van der Waals surface area contributed by atoms with Gasteiger partial charge in [-0.25, -0.2) is 15.0 Å². The van der Waals surface area contributed by atoms with Crippen LogP contribution in [-0.4, -0.2) is 64.8 Å². The first-order chi connectivity index (χ1) is 16.9. The molecule has 4 aromatic rings. The van der Waals surface area contributed by atoms with Crippen LogP contribution >= 0.6 is 0 Å². The Hall–Kier alpha value is -3.95. The summed E-state index contributed by atoms with van der Waals surface area (Å²) in [7, 11) is 1.92. The highest BCUT2D eigenvalue weighted by Crippen LogP contribution is 2.28. The predicted molar refractivity (Wildman–Crippen MR) is 133 cm³/mol. The van der Waals surface area contributed by atoms with Crippen molar-refractivity contribution in [1.29, 1.82) is 0 Å². The van der Waals surface area contributed by atoms with Gasteiger partial charge in [0.1, 0.15) is 11.3 Å². The van der Waals surface area contributed by atoms with Crippen LogP contribution in [0.2, 0.25) is 0 Å². The van der Waals surface area contributed by atoms with Crippen LogP contribution in [0.15, 0.2) is 30.6 Å². The molecule has 1 aliphatic rings. The Morgan fingerprint density at radius 2 is 1.91 bits per heavy atom. The van der Waals surface area contributed by atoms with E-state index in [1.807, 2.05) is 47.2 Å². The van der Waals surface area contributed by atoms with E-state index in [0.717, 1.165) is 47.5 Å². The average Bonchev–Trinajstić information content (AvgIpc) is 3.51.